The van der Waals surface area contributed by atoms with Gasteiger partial charge in [0.1, 0.15) is 0 Å². The van der Waals surface area contributed by atoms with Crippen molar-refractivity contribution >= 4 is 27.5 Å². The lowest BCUT2D eigenvalue weighted by atomic mass is 9.81. The summed E-state index contributed by atoms with van der Waals surface area (Å²) in [5, 5.41) is 3.66. The molecule has 1 atom stereocenters. The minimum atomic E-state index is -3.52. The highest BCUT2D eigenvalue weighted by molar-refractivity contribution is 7.89. The lowest BCUT2D eigenvalue weighted by Gasteiger charge is -2.29. The molecule has 3 rings (SSSR count). The van der Waals surface area contributed by atoms with Crippen LogP contribution in [0.25, 0.3) is 0 Å². The first-order valence-electron chi connectivity index (χ1n) is 10.7. The zero-order valence-corrected chi connectivity index (χ0v) is 18.6. The molecule has 2 aliphatic rings. The molecular weight excluding hydrogens is 410 g/mol. The van der Waals surface area contributed by atoms with E-state index in [-0.39, 0.29) is 22.6 Å². The van der Waals surface area contributed by atoms with E-state index < -0.39 is 10.0 Å². The summed E-state index contributed by atoms with van der Waals surface area (Å²) in [7, 11) is -3.52. The second-order valence-corrected chi connectivity index (χ2v) is 10.4. The van der Waals surface area contributed by atoms with E-state index in [4.69, 9.17) is 11.6 Å². The number of likely N-dealkylation sites (tertiary alicyclic amines) is 1. The van der Waals surface area contributed by atoms with Crippen molar-refractivity contribution in [3.8, 4) is 0 Å². The lowest BCUT2D eigenvalue weighted by molar-refractivity contribution is -0.126. The minimum Gasteiger partial charge on any atom is -0.354 e. The monoisotopic (exact) mass is 441 g/mol. The molecule has 1 saturated heterocycles. The zero-order valence-electron chi connectivity index (χ0n) is 17.1. The first-order chi connectivity index (χ1) is 13.9. The standard InChI is InChI=1S/C21H32ClN3O3S/c1-2-25-13-3-4-19(25)15-23-21(26)17-7-5-16(6-8-17)14-24-29(27,28)20-11-9-18(22)10-12-20/h9-12,16-17,19,24H,2-8,13-15H2,1H3,(H,23,26)/t16?,17?,19-/m0/s1. The van der Waals surface area contributed by atoms with Crippen LogP contribution < -0.4 is 10.0 Å². The molecule has 1 saturated carbocycles. The van der Waals surface area contributed by atoms with Gasteiger partial charge in [0.2, 0.25) is 15.9 Å². The van der Waals surface area contributed by atoms with E-state index >= 15 is 0 Å². The van der Waals surface area contributed by atoms with Gasteiger partial charge in [-0.25, -0.2) is 13.1 Å². The van der Waals surface area contributed by atoms with Gasteiger partial charge in [-0.15, -0.1) is 0 Å². The van der Waals surface area contributed by atoms with E-state index in [1.54, 1.807) is 12.1 Å². The number of amides is 1. The largest absolute Gasteiger partial charge is 0.354 e. The van der Waals surface area contributed by atoms with Gasteiger partial charge in [-0.3, -0.25) is 9.69 Å². The minimum absolute atomic E-state index is 0.0515. The lowest BCUT2D eigenvalue weighted by Crippen LogP contribution is -2.43. The van der Waals surface area contributed by atoms with Gasteiger partial charge in [0.15, 0.2) is 0 Å². The van der Waals surface area contributed by atoms with Crippen molar-refractivity contribution in [2.75, 3.05) is 26.2 Å². The Morgan fingerprint density at radius 3 is 2.45 bits per heavy atom. The Kier molecular flexibility index (Phi) is 7.96. The summed E-state index contributed by atoms with van der Waals surface area (Å²) in [6, 6.07) is 6.64. The summed E-state index contributed by atoms with van der Waals surface area (Å²) in [5.41, 5.74) is 0. The van der Waals surface area contributed by atoms with Crippen LogP contribution in [0.15, 0.2) is 29.2 Å². The molecule has 0 aromatic heterocycles. The molecule has 1 aliphatic carbocycles. The second-order valence-electron chi connectivity index (χ2n) is 8.19. The number of nitrogens with one attached hydrogen (secondary N) is 2. The average molecular weight is 442 g/mol. The number of carbonyl (C=O) groups excluding carboxylic acids is 1. The first-order valence-corrected chi connectivity index (χ1v) is 12.5. The molecule has 2 fully saturated rings. The van der Waals surface area contributed by atoms with Crippen molar-refractivity contribution in [1.29, 1.82) is 0 Å². The van der Waals surface area contributed by atoms with E-state index in [1.807, 2.05) is 0 Å². The highest BCUT2D eigenvalue weighted by Crippen LogP contribution is 2.29. The Bertz CT molecular complexity index is 777. The number of rotatable bonds is 8. The third kappa shape index (κ3) is 6.17. The number of nitrogens with zero attached hydrogens (tertiary/aromatic N) is 1. The molecule has 1 amide bonds. The van der Waals surface area contributed by atoms with Crippen LogP contribution in [0.4, 0.5) is 0 Å². The Hall–Kier alpha value is -1.15. The zero-order chi connectivity index (χ0) is 20.9. The molecule has 0 bridgehead atoms. The highest BCUT2D eigenvalue weighted by Gasteiger charge is 2.29. The molecule has 0 radical (unpaired) electrons. The van der Waals surface area contributed by atoms with Crippen LogP contribution in [0, 0.1) is 11.8 Å². The van der Waals surface area contributed by atoms with Gasteiger partial charge in [0.25, 0.3) is 0 Å². The maximum Gasteiger partial charge on any atom is 0.240 e. The van der Waals surface area contributed by atoms with E-state index in [0.29, 0.717) is 17.6 Å². The number of benzene rings is 1. The molecule has 0 spiro atoms. The number of carbonyl (C=O) groups is 1. The van der Waals surface area contributed by atoms with Crippen molar-refractivity contribution in [3.63, 3.8) is 0 Å². The number of hydrogen-bond acceptors (Lipinski definition) is 4. The van der Waals surface area contributed by atoms with Gasteiger partial charge >= 0.3 is 0 Å². The average Bonchev–Trinajstić information content (AvgIpc) is 3.19. The fourth-order valence-electron chi connectivity index (χ4n) is 4.46. The maximum absolute atomic E-state index is 12.5. The van der Waals surface area contributed by atoms with Gasteiger partial charge in [-0.2, -0.15) is 0 Å². The number of halogens is 1. The predicted octanol–water partition coefficient (Wildman–Crippen LogP) is 3.03. The van der Waals surface area contributed by atoms with Crippen LogP contribution in [0.3, 0.4) is 0 Å². The van der Waals surface area contributed by atoms with E-state index in [9.17, 15) is 13.2 Å². The van der Waals surface area contributed by atoms with E-state index in [2.05, 4.69) is 21.9 Å². The molecule has 1 aromatic rings. The Morgan fingerprint density at radius 2 is 1.79 bits per heavy atom. The smallest absolute Gasteiger partial charge is 0.240 e. The number of sulfonamides is 1. The Morgan fingerprint density at radius 1 is 1.10 bits per heavy atom. The van der Waals surface area contributed by atoms with Crippen molar-refractivity contribution in [1.82, 2.24) is 14.9 Å². The third-order valence-electron chi connectivity index (χ3n) is 6.32. The summed E-state index contributed by atoms with van der Waals surface area (Å²) in [6.45, 7) is 5.49. The molecule has 29 heavy (non-hydrogen) atoms. The fourth-order valence-corrected chi connectivity index (χ4v) is 5.70. The van der Waals surface area contributed by atoms with Crippen LogP contribution in [0.2, 0.25) is 5.02 Å². The van der Waals surface area contributed by atoms with Gasteiger partial charge in [0.05, 0.1) is 4.90 Å². The van der Waals surface area contributed by atoms with Gasteiger partial charge in [-0.05, 0) is 81.8 Å². The molecule has 1 aromatic carbocycles. The first kappa shape index (κ1) is 22.5. The van der Waals surface area contributed by atoms with E-state index in [0.717, 1.165) is 51.7 Å². The van der Waals surface area contributed by atoms with Crippen molar-refractivity contribution < 1.29 is 13.2 Å². The molecule has 6 nitrogen and oxygen atoms in total. The van der Waals surface area contributed by atoms with Crippen LogP contribution in [0.1, 0.15) is 45.4 Å². The van der Waals surface area contributed by atoms with Crippen LogP contribution in [-0.2, 0) is 14.8 Å². The van der Waals surface area contributed by atoms with Crippen molar-refractivity contribution in [2.24, 2.45) is 11.8 Å². The normalized spacial score (nSPS) is 25.8. The van der Waals surface area contributed by atoms with Gasteiger partial charge in [0, 0.05) is 30.1 Å². The summed E-state index contributed by atoms with van der Waals surface area (Å²) in [5.74, 6) is 0.482. The summed E-state index contributed by atoms with van der Waals surface area (Å²) in [4.78, 5) is 15.2. The van der Waals surface area contributed by atoms with Crippen molar-refractivity contribution in [2.45, 2.75) is 56.4 Å². The number of likely N-dealkylation sites (N-methyl/N-ethyl adjacent to an activating group) is 1. The topological polar surface area (TPSA) is 78.5 Å². The highest BCUT2D eigenvalue weighted by atomic mass is 35.5. The van der Waals surface area contributed by atoms with Gasteiger partial charge in [-0.1, -0.05) is 18.5 Å². The van der Waals surface area contributed by atoms with Crippen LogP contribution in [0.5, 0.6) is 0 Å². The summed E-state index contributed by atoms with van der Waals surface area (Å²) in [6.07, 6.45) is 5.75. The molecule has 2 N–H and O–H groups in total. The maximum atomic E-state index is 12.5. The van der Waals surface area contributed by atoms with Crippen LogP contribution in [-0.4, -0.2) is 51.4 Å². The molecule has 1 heterocycles. The summed E-state index contributed by atoms with van der Waals surface area (Å²) >= 11 is 5.82. The molecule has 0 unspecified atom stereocenters. The Labute approximate surface area is 179 Å². The third-order valence-corrected chi connectivity index (χ3v) is 8.01. The van der Waals surface area contributed by atoms with E-state index in [1.165, 1.54) is 18.6 Å². The molecule has 8 heteroatoms. The molecular formula is C21H32ClN3O3S. The number of hydrogen-bond donors (Lipinski definition) is 2. The molecule has 162 valence electrons. The van der Waals surface area contributed by atoms with Crippen molar-refractivity contribution in [3.05, 3.63) is 29.3 Å². The SMILES string of the molecule is CCN1CCC[C@H]1CNC(=O)C1CCC(CNS(=O)(=O)c2ccc(Cl)cc2)CC1. The van der Waals surface area contributed by atoms with Crippen LogP contribution >= 0.6 is 11.6 Å². The predicted molar refractivity (Wildman–Crippen MR) is 115 cm³/mol. The quantitative estimate of drug-likeness (QED) is 0.650. The summed E-state index contributed by atoms with van der Waals surface area (Å²) < 4.78 is 27.5. The molecule has 1 aliphatic heterocycles. The second kappa shape index (κ2) is 10.2. The Balaban J connectivity index is 1.39. The van der Waals surface area contributed by atoms with Gasteiger partial charge < -0.3 is 5.32 Å². The fraction of sp³-hybridized carbons (Fsp3) is 0.667.